The van der Waals surface area contributed by atoms with Crippen molar-refractivity contribution < 1.29 is 8.78 Å². The van der Waals surface area contributed by atoms with Gasteiger partial charge in [0.25, 0.3) is 0 Å². The Balaban J connectivity index is 2.18. The van der Waals surface area contributed by atoms with Crippen LogP contribution in [-0.2, 0) is 19.5 Å². The molecule has 1 aromatic heterocycles. The van der Waals surface area contributed by atoms with Gasteiger partial charge in [0.15, 0.2) is 0 Å². The number of aryl methyl sites for hydroxylation is 2. The zero-order valence-corrected chi connectivity index (χ0v) is 13.0. The van der Waals surface area contributed by atoms with Crippen LogP contribution in [0.3, 0.4) is 0 Å². The first kappa shape index (κ1) is 15.0. The van der Waals surface area contributed by atoms with Gasteiger partial charge in [-0.1, -0.05) is 6.92 Å². The normalized spacial score (nSPS) is 10.8. The van der Waals surface area contributed by atoms with Crippen LogP contribution in [-0.4, -0.2) is 9.78 Å². The topological polar surface area (TPSA) is 29.9 Å². The van der Waals surface area contributed by atoms with Crippen molar-refractivity contribution in [3.63, 3.8) is 0 Å². The highest BCUT2D eigenvalue weighted by molar-refractivity contribution is 9.10. The van der Waals surface area contributed by atoms with Crippen molar-refractivity contribution in [2.75, 3.05) is 5.32 Å². The first-order valence-electron chi connectivity index (χ1n) is 6.49. The molecule has 0 aliphatic heterocycles. The number of benzene rings is 1. The second kappa shape index (κ2) is 6.35. The molecule has 2 aromatic rings. The van der Waals surface area contributed by atoms with E-state index in [4.69, 9.17) is 0 Å². The summed E-state index contributed by atoms with van der Waals surface area (Å²) in [5, 5.41) is 7.42. The lowest BCUT2D eigenvalue weighted by Gasteiger charge is -2.10. The molecule has 1 aromatic carbocycles. The van der Waals surface area contributed by atoms with Gasteiger partial charge in [-0.15, -0.1) is 0 Å². The third kappa shape index (κ3) is 3.17. The van der Waals surface area contributed by atoms with E-state index in [1.165, 1.54) is 6.07 Å². The van der Waals surface area contributed by atoms with Gasteiger partial charge in [-0.2, -0.15) is 5.10 Å². The number of hydrogen-bond acceptors (Lipinski definition) is 2. The van der Waals surface area contributed by atoms with Crippen molar-refractivity contribution in [3.05, 3.63) is 45.7 Å². The smallest absolute Gasteiger partial charge is 0.150 e. The van der Waals surface area contributed by atoms with E-state index in [2.05, 4.69) is 26.3 Å². The van der Waals surface area contributed by atoms with Gasteiger partial charge in [0, 0.05) is 17.1 Å². The highest BCUT2D eigenvalue weighted by atomic mass is 79.9. The summed E-state index contributed by atoms with van der Waals surface area (Å²) in [5.41, 5.74) is 2.23. The summed E-state index contributed by atoms with van der Waals surface area (Å²) in [6.07, 6.45) is 0.856. The van der Waals surface area contributed by atoms with Crippen molar-refractivity contribution in [2.24, 2.45) is 0 Å². The van der Waals surface area contributed by atoms with Gasteiger partial charge in [0.2, 0.25) is 0 Å². The largest absolute Gasteiger partial charge is 0.376 e. The summed E-state index contributed by atoms with van der Waals surface area (Å²) in [5.74, 6) is -1.22. The summed E-state index contributed by atoms with van der Waals surface area (Å²) in [6, 6.07) is 4.09. The van der Waals surface area contributed by atoms with Crippen LogP contribution in [0.4, 0.5) is 14.5 Å². The molecule has 0 fully saturated rings. The van der Waals surface area contributed by atoms with Crippen molar-refractivity contribution in [1.29, 1.82) is 0 Å². The fourth-order valence-electron chi connectivity index (χ4n) is 1.99. The van der Waals surface area contributed by atoms with Gasteiger partial charge in [-0.3, -0.25) is 4.68 Å². The van der Waals surface area contributed by atoms with E-state index in [0.717, 1.165) is 30.4 Å². The monoisotopic (exact) mass is 343 g/mol. The van der Waals surface area contributed by atoms with E-state index in [1.54, 1.807) is 0 Å². The summed E-state index contributed by atoms with van der Waals surface area (Å²) in [7, 11) is 0. The summed E-state index contributed by atoms with van der Waals surface area (Å²) >= 11 is 3.16. The molecular weight excluding hydrogens is 328 g/mol. The predicted molar refractivity (Wildman–Crippen MR) is 78.7 cm³/mol. The minimum Gasteiger partial charge on any atom is -0.376 e. The summed E-state index contributed by atoms with van der Waals surface area (Å²) in [4.78, 5) is 0. The molecule has 0 atom stereocenters. The molecule has 0 unspecified atom stereocenters. The average Bonchev–Trinajstić information content (AvgIpc) is 2.80. The van der Waals surface area contributed by atoms with Crippen LogP contribution >= 0.6 is 15.9 Å². The van der Waals surface area contributed by atoms with Crippen LogP contribution < -0.4 is 5.32 Å². The maximum atomic E-state index is 13.7. The lowest BCUT2D eigenvalue weighted by atomic mass is 10.2. The van der Waals surface area contributed by atoms with Gasteiger partial charge >= 0.3 is 0 Å². The number of hydrogen-bond donors (Lipinski definition) is 1. The fraction of sp³-hybridized carbons (Fsp3) is 0.357. The van der Waals surface area contributed by atoms with Crippen LogP contribution in [0.25, 0.3) is 0 Å². The van der Waals surface area contributed by atoms with Crippen LogP contribution in [0.5, 0.6) is 0 Å². The second-order valence-corrected chi connectivity index (χ2v) is 5.25. The van der Waals surface area contributed by atoms with Crippen LogP contribution in [0.1, 0.15) is 25.2 Å². The van der Waals surface area contributed by atoms with Crippen molar-refractivity contribution >= 4 is 21.6 Å². The standard InChI is InChI=1S/C14H16BrF2N3/c1-3-10-7-11(20(4-2)19-10)8-18-14-12(15)5-9(16)6-13(14)17/h5-7,18H,3-4,8H2,1-2H3. The number of anilines is 1. The molecule has 0 aliphatic rings. The molecule has 0 amide bonds. The Bertz CT molecular complexity index is 587. The molecule has 2 rings (SSSR count). The molecule has 0 saturated carbocycles. The lowest BCUT2D eigenvalue weighted by Crippen LogP contribution is -2.09. The SMILES string of the molecule is CCc1cc(CNc2c(F)cc(F)cc2Br)n(CC)n1. The summed E-state index contributed by atoms with van der Waals surface area (Å²) in [6.45, 7) is 5.23. The quantitative estimate of drug-likeness (QED) is 0.884. The van der Waals surface area contributed by atoms with Gasteiger partial charge in [-0.25, -0.2) is 8.78 Å². The van der Waals surface area contributed by atoms with Crippen LogP contribution in [0, 0.1) is 11.6 Å². The molecule has 3 nitrogen and oxygen atoms in total. The maximum absolute atomic E-state index is 13.7. The molecule has 6 heteroatoms. The number of aromatic nitrogens is 2. The zero-order valence-electron chi connectivity index (χ0n) is 11.4. The van der Waals surface area contributed by atoms with Gasteiger partial charge in [-0.05, 0) is 41.4 Å². The van der Waals surface area contributed by atoms with Crippen molar-refractivity contribution in [3.8, 4) is 0 Å². The van der Waals surface area contributed by atoms with E-state index >= 15 is 0 Å². The third-order valence-corrected chi connectivity index (χ3v) is 3.65. The second-order valence-electron chi connectivity index (χ2n) is 4.39. The summed E-state index contributed by atoms with van der Waals surface area (Å²) < 4.78 is 29.0. The Morgan fingerprint density at radius 2 is 2.00 bits per heavy atom. The maximum Gasteiger partial charge on any atom is 0.150 e. The molecule has 20 heavy (non-hydrogen) atoms. The molecule has 1 heterocycles. The number of halogens is 3. The van der Waals surface area contributed by atoms with Crippen molar-refractivity contribution in [1.82, 2.24) is 9.78 Å². The minimum atomic E-state index is -0.616. The highest BCUT2D eigenvalue weighted by Crippen LogP contribution is 2.27. The number of nitrogens with zero attached hydrogens (tertiary/aromatic N) is 2. The molecule has 0 aliphatic carbocycles. The molecule has 108 valence electrons. The Morgan fingerprint density at radius 1 is 1.25 bits per heavy atom. The van der Waals surface area contributed by atoms with Gasteiger partial charge in [0.1, 0.15) is 11.6 Å². The predicted octanol–water partition coefficient (Wildman–Crippen LogP) is 4.12. The van der Waals surface area contributed by atoms with E-state index in [9.17, 15) is 8.78 Å². The minimum absolute atomic E-state index is 0.258. The fourth-order valence-corrected chi connectivity index (χ4v) is 2.54. The highest BCUT2D eigenvalue weighted by Gasteiger charge is 2.11. The van der Waals surface area contributed by atoms with Crippen LogP contribution in [0.15, 0.2) is 22.7 Å². The molecular formula is C14H16BrF2N3. The first-order chi connectivity index (χ1) is 9.55. The Morgan fingerprint density at radius 3 is 2.60 bits per heavy atom. The molecule has 0 spiro atoms. The Hall–Kier alpha value is -1.43. The molecule has 0 bridgehead atoms. The van der Waals surface area contributed by atoms with Crippen LogP contribution in [0.2, 0.25) is 0 Å². The van der Waals surface area contributed by atoms with E-state index < -0.39 is 11.6 Å². The lowest BCUT2D eigenvalue weighted by molar-refractivity contribution is 0.582. The van der Waals surface area contributed by atoms with Gasteiger partial charge < -0.3 is 5.32 Å². The molecule has 0 radical (unpaired) electrons. The first-order valence-corrected chi connectivity index (χ1v) is 7.28. The third-order valence-electron chi connectivity index (χ3n) is 3.03. The van der Waals surface area contributed by atoms with Gasteiger partial charge in [0.05, 0.1) is 23.6 Å². The average molecular weight is 344 g/mol. The Labute approximate surface area is 125 Å². The Kier molecular flexibility index (Phi) is 4.75. The van der Waals surface area contributed by atoms with Crippen molar-refractivity contribution in [2.45, 2.75) is 33.4 Å². The van der Waals surface area contributed by atoms with E-state index in [-0.39, 0.29) is 5.69 Å². The number of nitrogens with one attached hydrogen (secondary N) is 1. The van der Waals surface area contributed by atoms with E-state index in [0.29, 0.717) is 11.0 Å². The molecule has 0 saturated heterocycles. The zero-order chi connectivity index (χ0) is 14.7. The number of rotatable bonds is 5. The van der Waals surface area contributed by atoms with E-state index in [1.807, 2.05) is 24.6 Å². The molecule has 1 N–H and O–H groups in total.